The number of amides is 1. The number of nitrogens with one attached hydrogen (secondary N) is 1. The van der Waals surface area contributed by atoms with Crippen LogP contribution in [0.4, 0.5) is 0 Å². The van der Waals surface area contributed by atoms with E-state index in [4.69, 9.17) is 32.7 Å². The third kappa shape index (κ3) is 4.95. The second-order valence-corrected chi connectivity index (χ2v) is 9.61. The average Bonchev–Trinajstić information content (AvgIpc) is 3.25. The van der Waals surface area contributed by atoms with Crippen molar-refractivity contribution in [1.29, 1.82) is 0 Å². The SMILES string of the molecule is O=C(NCC1CCc2cc(Cl)ccc21)c1ccc(Oc2cc3c(cc2Cl)C(C(=O)O)CCO3)cc1. The van der Waals surface area contributed by atoms with Crippen molar-refractivity contribution >= 4 is 35.1 Å². The normalized spacial score (nSPS) is 18.2. The molecule has 0 fully saturated rings. The number of carbonyl (C=O) groups excluding carboxylic acids is 1. The molecule has 5 rings (SSSR count). The predicted octanol–water partition coefficient (Wildman–Crippen LogP) is 6.20. The van der Waals surface area contributed by atoms with Crippen LogP contribution >= 0.6 is 23.2 Å². The molecule has 35 heavy (non-hydrogen) atoms. The van der Waals surface area contributed by atoms with E-state index in [-0.39, 0.29) is 11.8 Å². The Morgan fingerprint density at radius 3 is 2.60 bits per heavy atom. The number of carboxylic acids is 1. The second-order valence-electron chi connectivity index (χ2n) is 8.76. The highest BCUT2D eigenvalue weighted by Crippen LogP contribution is 2.42. The lowest BCUT2D eigenvalue weighted by Crippen LogP contribution is -2.27. The Labute approximate surface area is 212 Å². The topological polar surface area (TPSA) is 84.9 Å². The van der Waals surface area contributed by atoms with E-state index in [1.54, 1.807) is 36.4 Å². The van der Waals surface area contributed by atoms with Crippen molar-refractivity contribution in [3.63, 3.8) is 0 Å². The van der Waals surface area contributed by atoms with Gasteiger partial charge in [0.25, 0.3) is 5.91 Å². The number of ether oxygens (including phenoxy) is 2. The molecule has 8 heteroatoms. The van der Waals surface area contributed by atoms with Crippen molar-refractivity contribution in [2.45, 2.75) is 31.1 Å². The van der Waals surface area contributed by atoms with E-state index in [2.05, 4.69) is 5.32 Å². The Hall–Kier alpha value is -3.22. The summed E-state index contributed by atoms with van der Waals surface area (Å²) in [5.41, 5.74) is 3.57. The van der Waals surface area contributed by atoms with Crippen LogP contribution in [0.3, 0.4) is 0 Å². The Balaban J connectivity index is 1.23. The van der Waals surface area contributed by atoms with E-state index in [1.165, 1.54) is 11.1 Å². The van der Waals surface area contributed by atoms with Crippen LogP contribution in [0.1, 0.15) is 51.7 Å². The van der Waals surface area contributed by atoms with Crippen LogP contribution in [-0.2, 0) is 11.2 Å². The first-order chi connectivity index (χ1) is 16.9. The Bertz CT molecular complexity index is 1290. The van der Waals surface area contributed by atoms with Crippen LogP contribution < -0.4 is 14.8 Å². The fraction of sp³-hybridized carbons (Fsp3) is 0.259. The zero-order valence-electron chi connectivity index (χ0n) is 18.7. The number of hydrogen-bond acceptors (Lipinski definition) is 4. The average molecular weight is 512 g/mol. The van der Waals surface area contributed by atoms with Crippen molar-refractivity contribution in [3.8, 4) is 17.2 Å². The summed E-state index contributed by atoms with van der Waals surface area (Å²) in [5.74, 6) is -0.130. The number of benzene rings is 3. The number of rotatable bonds is 6. The summed E-state index contributed by atoms with van der Waals surface area (Å²) >= 11 is 12.5. The van der Waals surface area contributed by atoms with Gasteiger partial charge >= 0.3 is 5.97 Å². The number of halogens is 2. The summed E-state index contributed by atoms with van der Waals surface area (Å²) in [5, 5.41) is 13.5. The molecule has 3 aromatic rings. The van der Waals surface area contributed by atoms with Gasteiger partial charge in [-0.15, -0.1) is 0 Å². The summed E-state index contributed by atoms with van der Waals surface area (Å²) in [4.78, 5) is 24.2. The van der Waals surface area contributed by atoms with E-state index >= 15 is 0 Å². The summed E-state index contributed by atoms with van der Waals surface area (Å²) in [6.45, 7) is 0.878. The van der Waals surface area contributed by atoms with E-state index in [9.17, 15) is 14.7 Å². The predicted molar refractivity (Wildman–Crippen MR) is 133 cm³/mol. The summed E-state index contributed by atoms with van der Waals surface area (Å²) in [6.07, 6.45) is 2.35. The summed E-state index contributed by atoms with van der Waals surface area (Å²) < 4.78 is 11.5. The van der Waals surface area contributed by atoms with Crippen LogP contribution in [0, 0.1) is 0 Å². The van der Waals surface area contributed by atoms with Gasteiger partial charge in [0.1, 0.15) is 17.2 Å². The van der Waals surface area contributed by atoms with Crippen molar-refractivity contribution < 1.29 is 24.2 Å². The van der Waals surface area contributed by atoms with Gasteiger partial charge in [0, 0.05) is 34.7 Å². The molecule has 3 aromatic carbocycles. The third-order valence-electron chi connectivity index (χ3n) is 6.56. The van der Waals surface area contributed by atoms with Crippen LogP contribution in [0.5, 0.6) is 17.2 Å². The molecule has 0 saturated carbocycles. The van der Waals surface area contributed by atoms with Gasteiger partial charge in [-0.1, -0.05) is 29.3 Å². The Kier molecular flexibility index (Phi) is 6.58. The monoisotopic (exact) mass is 511 g/mol. The number of fused-ring (bicyclic) bond motifs is 2. The van der Waals surface area contributed by atoms with E-state index < -0.39 is 11.9 Å². The van der Waals surface area contributed by atoms with Crippen LogP contribution in [0.15, 0.2) is 54.6 Å². The first-order valence-electron chi connectivity index (χ1n) is 11.4. The number of aliphatic carboxylic acids is 1. The molecule has 1 aliphatic carbocycles. The van der Waals surface area contributed by atoms with Gasteiger partial charge < -0.3 is 19.9 Å². The quantitative estimate of drug-likeness (QED) is 0.411. The first-order valence-corrected chi connectivity index (χ1v) is 12.2. The molecular formula is C27H23Cl2NO5. The molecule has 0 radical (unpaired) electrons. The van der Waals surface area contributed by atoms with E-state index in [0.717, 1.165) is 17.9 Å². The molecule has 1 amide bonds. The minimum atomic E-state index is -0.908. The molecule has 0 bridgehead atoms. The number of carboxylic acid groups (broad SMARTS) is 1. The van der Waals surface area contributed by atoms with Crippen molar-refractivity contribution in [3.05, 3.63) is 86.9 Å². The number of aryl methyl sites for hydroxylation is 1. The maximum absolute atomic E-state index is 12.7. The van der Waals surface area contributed by atoms with Gasteiger partial charge in [0.05, 0.1) is 17.5 Å². The molecule has 2 aliphatic rings. The Morgan fingerprint density at radius 1 is 1.03 bits per heavy atom. The van der Waals surface area contributed by atoms with Crippen LogP contribution in [-0.4, -0.2) is 30.1 Å². The van der Waals surface area contributed by atoms with E-state index in [0.29, 0.717) is 53.0 Å². The van der Waals surface area contributed by atoms with Crippen molar-refractivity contribution in [1.82, 2.24) is 5.32 Å². The van der Waals surface area contributed by atoms with Gasteiger partial charge in [-0.05, 0) is 72.9 Å². The molecule has 6 nitrogen and oxygen atoms in total. The zero-order valence-corrected chi connectivity index (χ0v) is 20.2. The first kappa shape index (κ1) is 23.5. The lowest BCUT2D eigenvalue weighted by Gasteiger charge is -2.24. The molecule has 2 N–H and O–H groups in total. The summed E-state index contributed by atoms with van der Waals surface area (Å²) in [6, 6.07) is 15.9. The second kappa shape index (κ2) is 9.80. The largest absolute Gasteiger partial charge is 0.493 e. The highest BCUT2D eigenvalue weighted by Gasteiger charge is 2.29. The maximum atomic E-state index is 12.7. The van der Waals surface area contributed by atoms with Crippen molar-refractivity contribution in [2.75, 3.05) is 13.2 Å². The molecule has 0 aromatic heterocycles. The molecule has 180 valence electrons. The molecule has 0 spiro atoms. The van der Waals surface area contributed by atoms with Gasteiger partial charge in [0.15, 0.2) is 0 Å². The van der Waals surface area contributed by atoms with Crippen LogP contribution in [0.25, 0.3) is 0 Å². The molecule has 2 atom stereocenters. The van der Waals surface area contributed by atoms with Gasteiger partial charge in [-0.25, -0.2) is 0 Å². The summed E-state index contributed by atoms with van der Waals surface area (Å²) in [7, 11) is 0. The van der Waals surface area contributed by atoms with Crippen LogP contribution in [0.2, 0.25) is 10.0 Å². The third-order valence-corrected chi connectivity index (χ3v) is 7.09. The van der Waals surface area contributed by atoms with Gasteiger partial charge in [-0.3, -0.25) is 9.59 Å². The van der Waals surface area contributed by atoms with E-state index in [1.807, 2.05) is 18.2 Å². The molecular weight excluding hydrogens is 489 g/mol. The van der Waals surface area contributed by atoms with Gasteiger partial charge in [0.2, 0.25) is 0 Å². The maximum Gasteiger partial charge on any atom is 0.311 e. The number of carbonyl (C=O) groups is 2. The fourth-order valence-electron chi connectivity index (χ4n) is 4.73. The molecule has 1 aliphatic heterocycles. The lowest BCUT2D eigenvalue weighted by molar-refractivity contribution is -0.139. The lowest BCUT2D eigenvalue weighted by atomic mass is 9.93. The molecule has 1 heterocycles. The smallest absolute Gasteiger partial charge is 0.311 e. The minimum Gasteiger partial charge on any atom is -0.493 e. The highest BCUT2D eigenvalue weighted by molar-refractivity contribution is 6.32. The highest BCUT2D eigenvalue weighted by atomic mass is 35.5. The molecule has 0 saturated heterocycles. The number of hydrogen-bond donors (Lipinski definition) is 2. The fourth-order valence-corrected chi connectivity index (χ4v) is 5.14. The Morgan fingerprint density at radius 2 is 1.83 bits per heavy atom. The molecule has 2 unspecified atom stereocenters. The zero-order chi connectivity index (χ0) is 24.5. The van der Waals surface area contributed by atoms with Crippen molar-refractivity contribution in [2.24, 2.45) is 0 Å². The minimum absolute atomic E-state index is 0.154. The van der Waals surface area contributed by atoms with Gasteiger partial charge in [-0.2, -0.15) is 0 Å². The standard InChI is InChI=1S/C27H23Cl2NO5/c28-18-5-8-20-16(11-18)1-2-17(20)14-30-26(31)15-3-6-19(7-4-15)35-25-13-24-22(12-23(25)29)21(27(32)33)9-10-34-24/h3-8,11-13,17,21H,1-2,9-10,14H2,(H,30,31)(H,32,33).